The Morgan fingerprint density at radius 1 is 0.783 bits per heavy atom. The summed E-state index contributed by atoms with van der Waals surface area (Å²) < 4.78 is 10.5. The molecule has 2 nitrogen and oxygen atoms in total. The monoisotopic (exact) mass is 310 g/mol. The first-order chi connectivity index (χ1) is 11.4. The van der Waals surface area contributed by atoms with Crippen LogP contribution in [0.15, 0.2) is 60.7 Å². The number of ether oxygens (including phenoxy) is 2. The fourth-order valence-electron chi connectivity index (χ4n) is 2.78. The van der Waals surface area contributed by atoms with Crippen LogP contribution in [0, 0.1) is 0 Å². The molecule has 2 aromatic rings. The van der Waals surface area contributed by atoms with E-state index in [1.54, 1.807) is 7.11 Å². The van der Waals surface area contributed by atoms with Crippen LogP contribution in [0.4, 0.5) is 0 Å². The Kier molecular flexibility index (Phi) is 7.58. The molecule has 0 aliphatic heterocycles. The molecule has 0 aliphatic carbocycles. The minimum atomic E-state index is 0.344. The summed E-state index contributed by atoms with van der Waals surface area (Å²) in [6.45, 7) is 3.24. The molecule has 0 amide bonds. The van der Waals surface area contributed by atoms with E-state index in [0.29, 0.717) is 13.4 Å². The molecule has 2 aromatic carbocycles. The molecule has 2 rings (SSSR count). The van der Waals surface area contributed by atoms with Crippen LogP contribution < -0.4 is 0 Å². The Bertz CT molecular complexity index is 588. The van der Waals surface area contributed by atoms with E-state index in [2.05, 4.69) is 67.6 Å². The maximum atomic E-state index is 5.54. The number of benzene rings is 2. The van der Waals surface area contributed by atoms with E-state index >= 15 is 0 Å². The van der Waals surface area contributed by atoms with Gasteiger partial charge in [0.2, 0.25) is 0 Å². The summed E-state index contributed by atoms with van der Waals surface area (Å²) in [5, 5.41) is 0. The molecule has 0 saturated heterocycles. The molecule has 0 saturated carbocycles. The van der Waals surface area contributed by atoms with E-state index in [0.717, 1.165) is 19.3 Å². The molecular weight excluding hydrogens is 284 g/mol. The Balaban J connectivity index is 2.38. The predicted octanol–water partition coefficient (Wildman–Crippen LogP) is 5.41. The van der Waals surface area contributed by atoms with Crippen molar-refractivity contribution in [3.8, 4) is 0 Å². The summed E-state index contributed by atoms with van der Waals surface area (Å²) in [6.07, 6.45) is 3.08. The standard InChI is InChI=1S/C21H26O2/c1-3-10-20(18-11-6-4-7-12-18)21(15-16-23-17-22-2)19-13-8-5-9-14-19/h4-9,11-14H,3,10,15-17H2,1-2H3/b21-20+. The van der Waals surface area contributed by atoms with Crippen molar-refractivity contribution < 1.29 is 9.47 Å². The van der Waals surface area contributed by atoms with Gasteiger partial charge in [0.1, 0.15) is 6.79 Å². The van der Waals surface area contributed by atoms with Gasteiger partial charge >= 0.3 is 0 Å². The zero-order valence-electron chi connectivity index (χ0n) is 14.1. The minimum absolute atomic E-state index is 0.344. The average Bonchev–Trinajstić information content (AvgIpc) is 2.62. The summed E-state index contributed by atoms with van der Waals surface area (Å²) >= 11 is 0. The van der Waals surface area contributed by atoms with Gasteiger partial charge in [-0.2, -0.15) is 0 Å². The van der Waals surface area contributed by atoms with Gasteiger partial charge in [0.05, 0.1) is 6.61 Å². The molecule has 0 bridgehead atoms. The smallest absolute Gasteiger partial charge is 0.146 e. The van der Waals surface area contributed by atoms with Crippen LogP contribution in [0.25, 0.3) is 11.1 Å². The van der Waals surface area contributed by atoms with Gasteiger partial charge in [0, 0.05) is 7.11 Å². The van der Waals surface area contributed by atoms with Gasteiger partial charge in [-0.1, -0.05) is 74.0 Å². The summed E-state index contributed by atoms with van der Waals surface area (Å²) in [6, 6.07) is 21.3. The normalized spacial score (nSPS) is 12.1. The molecule has 0 fully saturated rings. The zero-order chi connectivity index (χ0) is 16.3. The van der Waals surface area contributed by atoms with E-state index in [-0.39, 0.29) is 0 Å². The number of hydrogen-bond donors (Lipinski definition) is 0. The van der Waals surface area contributed by atoms with Gasteiger partial charge in [-0.05, 0) is 35.1 Å². The largest absolute Gasteiger partial charge is 0.359 e. The van der Waals surface area contributed by atoms with Crippen LogP contribution in [-0.4, -0.2) is 20.5 Å². The lowest BCUT2D eigenvalue weighted by molar-refractivity contribution is -0.0280. The van der Waals surface area contributed by atoms with Gasteiger partial charge in [-0.15, -0.1) is 0 Å². The molecule has 0 unspecified atom stereocenters. The van der Waals surface area contributed by atoms with Crippen LogP contribution in [0.5, 0.6) is 0 Å². The van der Waals surface area contributed by atoms with Crippen molar-refractivity contribution in [1.29, 1.82) is 0 Å². The second-order valence-electron chi connectivity index (χ2n) is 5.50. The lowest BCUT2D eigenvalue weighted by Gasteiger charge is -2.16. The third kappa shape index (κ3) is 5.34. The summed E-state index contributed by atoms with van der Waals surface area (Å²) in [4.78, 5) is 0. The van der Waals surface area contributed by atoms with Gasteiger partial charge in [-0.25, -0.2) is 0 Å². The van der Waals surface area contributed by atoms with Crippen LogP contribution in [0.1, 0.15) is 37.3 Å². The fraction of sp³-hybridized carbons (Fsp3) is 0.333. The molecule has 0 radical (unpaired) electrons. The minimum Gasteiger partial charge on any atom is -0.359 e. The SMILES string of the molecule is CCC/C(=C(/CCOCOC)c1ccccc1)c1ccccc1. The summed E-state index contributed by atoms with van der Waals surface area (Å²) in [7, 11) is 1.65. The van der Waals surface area contributed by atoms with E-state index in [9.17, 15) is 0 Å². The van der Waals surface area contributed by atoms with Gasteiger partial charge < -0.3 is 9.47 Å². The number of hydrogen-bond acceptors (Lipinski definition) is 2. The zero-order valence-corrected chi connectivity index (χ0v) is 14.1. The molecule has 0 N–H and O–H groups in total. The molecule has 23 heavy (non-hydrogen) atoms. The summed E-state index contributed by atoms with van der Waals surface area (Å²) in [5.74, 6) is 0. The van der Waals surface area contributed by atoms with Crippen molar-refractivity contribution in [2.75, 3.05) is 20.5 Å². The lowest BCUT2D eigenvalue weighted by atomic mass is 9.90. The Morgan fingerprint density at radius 3 is 1.78 bits per heavy atom. The van der Waals surface area contributed by atoms with Crippen molar-refractivity contribution >= 4 is 11.1 Å². The van der Waals surface area contributed by atoms with Crippen molar-refractivity contribution in [3.63, 3.8) is 0 Å². The Labute approximate surface area is 139 Å². The highest BCUT2D eigenvalue weighted by Crippen LogP contribution is 2.32. The van der Waals surface area contributed by atoms with Crippen LogP contribution >= 0.6 is 0 Å². The molecule has 0 heterocycles. The average molecular weight is 310 g/mol. The number of methoxy groups -OCH3 is 1. The molecule has 0 spiro atoms. The van der Waals surface area contributed by atoms with Crippen LogP contribution in [0.3, 0.4) is 0 Å². The lowest BCUT2D eigenvalue weighted by Crippen LogP contribution is -2.02. The fourth-order valence-corrected chi connectivity index (χ4v) is 2.78. The third-order valence-electron chi connectivity index (χ3n) is 3.81. The van der Waals surface area contributed by atoms with Crippen molar-refractivity contribution in [2.24, 2.45) is 0 Å². The van der Waals surface area contributed by atoms with Crippen molar-refractivity contribution in [2.45, 2.75) is 26.2 Å². The third-order valence-corrected chi connectivity index (χ3v) is 3.81. The van der Waals surface area contributed by atoms with Gasteiger partial charge in [0.15, 0.2) is 0 Å². The number of rotatable bonds is 9. The molecule has 2 heteroatoms. The Morgan fingerprint density at radius 2 is 1.30 bits per heavy atom. The van der Waals surface area contributed by atoms with Crippen molar-refractivity contribution in [3.05, 3.63) is 71.8 Å². The highest BCUT2D eigenvalue weighted by atomic mass is 16.7. The van der Waals surface area contributed by atoms with Crippen LogP contribution in [-0.2, 0) is 9.47 Å². The second kappa shape index (κ2) is 9.98. The molecule has 0 atom stereocenters. The van der Waals surface area contributed by atoms with Crippen LogP contribution in [0.2, 0.25) is 0 Å². The van der Waals surface area contributed by atoms with E-state index < -0.39 is 0 Å². The van der Waals surface area contributed by atoms with E-state index in [1.165, 1.54) is 22.3 Å². The maximum Gasteiger partial charge on any atom is 0.146 e. The Hall–Kier alpha value is -1.90. The maximum absolute atomic E-state index is 5.54. The highest BCUT2D eigenvalue weighted by molar-refractivity contribution is 5.90. The topological polar surface area (TPSA) is 18.5 Å². The predicted molar refractivity (Wildman–Crippen MR) is 97.1 cm³/mol. The first kappa shape index (κ1) is 17.5. The molecular formula is C21H26O2. The van der Waals surface area contributed by atoms with E-state index in [4.69, 9.17) is 9.47 Å². The molecule has 0 aliphatic rings. The highest BCUT2D eigenvalue weighted by Gasteiger charge is 2.11. The molecule has 122 valence electrons. The van der Waals surface area contributed by atoms with Crippen molar-refractivity contribution in [1.82, 2.24) is 0 Å². The second-order valence-corrected chi connectivity index (χ2v) is 5.50. The van der Waals surface area contributed by atoms with Gasteiger partial charge in [0.25, 0.3) is 0 Å². The van der Waals surface area contributed by atoms with E-state index in [1.807, 2.05) is 0 Å². The molecule has 0 aromatic heterocycles. The quantitative estimate of drug-likeness (QED) is 0.350. The number of allylic oxidation sites excluding steroid dienone is 1. The first-order valence-electron chi connectivity index (χ1n) is 8.26. The van der Waals surface area contributed by atoms with Gasteiger partial charge in [-0.3, -0.25) is 0 Å². The summed E-state index contributed by atoms with van der Waals surface area (Å²) in [5.41, 5.74) is 5.37. The first-order valence-corrected chi connectivity index (χ1v) is 8.26.